The highest BCUT2D eigenvalue weighted by atomic mass is 35.5. The van der Waals surface area contributed by atoms with Crippen LogP contribution in [-0.2, 0) is 9.53 Å². The SMILES string of the molecule is COC(=O)CSc1nc(C)cc(Cl)n1. The van der Waals surface area contributed by atoms with Crippen molar-refractivity contribution < 1.29 is 9.53 Å². The highest BCUT2D eigenvalue weighted by molar-refractivity contribution is 7.99. The molecule has 1 aromatic rings. The normalized spacial score (nSPS) is 9.93. The molecule has 14 heavy (non-hydrogen) atoms. The van der Waals surface area contributed by atoms with Crippen molar-refractivity contribution in [1.82, 2.24) is 9.97 Å². The summed E-state index contributed by atoms with van der Waals surface area (Å²) in [5, 5.41) is 0.866. The van der Waals surface area contributed by atoms with Crippen LogP contribution < -0.4 is 0 Å². The summed E-state index contributed by atoms with van der Waals surface area (Å²) in [5.74, 6) is -0.118. The van der Waals surface area contributed by atoms with E-state index in [1.165, 1.54) is 18.9 Å². The monoisotopic (exact) mass is 232 g/mol. The standard InChI is InChI=1S/C8H9ClN2O2S/c1-5-3-6(9)11-8(10-5)14-4-7(12)13-2/h3H,4H2,1-2H3. The summed E-state index contributed by atoms with van der Waals surface area (Å²) in [6.07, 6.45) is 0. The number of esters is 1. The third-order valence-corrected chi connectivity index (χ3v) is 2.36. The summed E-state index contributed by atoms with van der Waals surface area (Å²) in [6.45, 7) is 1.82. The van der Waals surface area contributed by atoms with Crippen molar-refractivity contribution >= 4 is 29.3 Å². The van der Waals surface area contributed by atoms with Crippen LogP contribution in [0.5, 0.6) is 0 Å². The number of nitrogens with zero attached hydrogens (tertiary/aromatic N) is 2. The van der Waals surface area contributed by atoms with Crippen LogP contribution >= 0.6 is 23.4 Å². The molecule has 0 unspecified atom stereocenters. The van der Waals surface area contributed by atoms with E-state index in [0.29, 0.717) is 10.3 Å². The molecule has 0 fully saturated rings. The van der Waals surface area contributed by atoms with Gasteiger partial charge in [0.15, 0.2) is 5.16 Å². The number of thioether (sulfide) groups is 1. The summed E-state index contributed by atoms with van der Waals surface area (Å²) >= 11 is 6.92. The molecule has 0 aliphatic heterocycles. The first-order valence-electron chi connectivity index (χ1n) is 3.82. The molecule has 6 heteroatoms. The fourth-order valence-electron chi connectivity index (χ4n) is 0.751. The van der Waals surface area contributed by atoms with Crippen molar-refractivity contribution in [2.75, 3.05) is 12.9 Å². The number of halogens is 1. The van der Waals surface area contributed by atoms with Crippen LogP contribution in [0.25, 0.3) is 0 Å². The smallest absolute Gasteiger partial charge is 0.316 e. The van der Waals surface area contributed by atoms with Crippen molar-refractivity contribution in [1.29, 1.82) is 0 Å². The topological polar surface area (TPSA) is 52.1 Å². The van der Waals surface area contributed by atoms with Crippen LogP contribution in [0.15, 0.2) is 11.2 Å². The number of rotatable bonds is 3. The van der Waals surface area contributed by atoms with E-state index in [0.717, 1.165) is 5.69 Å². The van der Waals surface area contributed by atoms with Gasteiger partial charge in [0.05, 0.1) is 12.9 Å². The molecule has 0 aliphatic carbocycles. The number of carbonyl (C=O) groups is 1. The van der Waals surface area contributed by atoms with Crippen LogP contribution in [0.3, 0.4) is 0 Å². The van der Waals surface area contributed by atoms with Gasteiger partial charge in [-0.1, -0.05) is 23.4 Å². The summed E-state index contributed by atoms with van der Waals surface area (Å²) in [5.41, 5.74) is 0.775. The molecule has 0 atom stereocenters. The molecule has 0 aliphatic rings. The quantitative estimate of drug-likeness (QED) is 0.344. The molecule has 0 bridgehead atoms. The summed E-state index contributed by atoms with van der Waals surface area (Å²) in [6, 6.07) is 1.66. The fraction of sp³-hybridized carbons (Fsp3) is 0.375. The Morgan fingerprint density at radius 2 is 2.36 bits per heavy atom. The van der Waals surface area contributed by atoms with Gasteiger partial charge in [-0.15, -0.1) is 0 Å². The molecule has 0 N–H and O–H groups in total. The second kappa shape index (κ2) is 5.17. The number of ether oxygens (including phenoxy) is 1. The van der Waals surface area contributed by atoms with Crippen molar-refractivity contribution in [3.05, 3.63) is 16.9 Å². The second-order valence-corrected chi connectivity index (χ2v) is 3.81. The minimum atomic E-state index is -0.309. The van der Waals surface area contributed by atoms with Gasteiger partial charge in [-0.3, -0.25) is 4.79 Å². The van der Waals surface area contributed by atoms with E-state index >= 15 is 0 Å². The zero-order valence-corrected chi connectivity index (χ0v) is 9.35. The molecule has 0 spiro atoms. The third kappa shape index (κ3) is 3.51. The van der Waals surface area contributed by atoms with E-state index in [2.05, 4.69) is 14.7 Å². The van der Waals surface area contributed by atoms with Crippen molar-refractivity contribution in [3.63, 3.8) is 0 Å². The average Bonchev–Trinajstić information content (AvgIpc) is 2.12. The highest BCUT2D eigenvalue weighted by Crippen LogP contribution is 2.16. The predicted molar refractivity (Wildman–Crippen MR) is 54.5 cm³/mol. The Bertz CT molecular complexity index is 326. The molecule has 1 heterocycles. The summed E-state index contributed by atoms with van der Waals surface area (Å²) in [4.78, 5) is 18.9. The van der Waals surface area contributed by atoms with Crippen LogP contribution in [0.4, 0.5) is 0 Å². The number of carbonyl (C=O) groups excluding carboxylic acids is 1. The lowest BCUT2D eigenvalue weighted by atomic mass is 10.5. The Kier molecular flexibility index (Phi) is 4.16. The van der Waals surface area contributed by atoms with Gasteiger partial charge in [0, 0.05) is 5.69 Å². The van der Waals surface area contributed by atoms with E-state index in [-0.39, 0.29) is 11.7 Å². The lowest BCUT2D eigenvalue weighted by Gasteiger charge is -2.00. The van der Waals surface area contributed by atoms with Gasteiger partial charge < -0.3 is 4.74 Å². The minimum Gasteiger partial charge on any atom is -0.468 e. The molecule has 1 aromatic heterocycles. The van der Waals surface area contributed by atoms with Gasteiger partial charge in [0.25, 0.3) is 0 Å². The molecule has 4 nitrogen and oxygen atoms in total. The van der Waals surface area contributed by atoms with E-state index in [1.54, 1.807) is 6.07 Å². The zero-order valence-electron chi connectivity index (χ0n) is 7.78. The van der Waals surface area contributed by atoms with E-state index in [1.807, 2.05) is 6.92 Å². The molecule has 0 radical (unpaired) electrons. The summed E-state index contributed by atoms with van der Waals surface area (Å²) in [7, 11) is 1.34. The average molecular weight is 233 g/mol. The van der Waals surface area contributed by atoms with Crippen molar-refractivity contribution in [3.8, 4) is 0 Å². The van der Waals surface area contributed by atoms with Gasteiger partial charge in [-0.05, 0) is 13.0 Å². The largest absolute Gasteiger partial charge is 0.468 e. The number of hydrogen-bond donors (Lipinski definition) is 0. The van der Waals surface area contributed by atoms with Crippen LogP contribution in [0.2, 0.25) is 5.15 Å². The second-order valence-electron chi connectivity index (χ2n) is 2.48. The summed E-state index contributed by atoms with van der Waals surface area (Å²) < 4.78 is 4.48. The number of methoxy groups -OCH3 is 1. The predicted octanol–water partition coefficient (Wildman–Crippen LogP) is 1.70. The molecular weight excluding hydrogens is 224 g/mol. The van der Waals surface area contributed by atoms with Gasteiger partial charge in [0.1, 0.15) is 5.15 Å². The molecule has 0 saturated heterocycles. The molecule has 0 aromatic carbocycles. The lowest BCUT2D eigenvalue weighted by molar-refractivity contribution is -0.137. The number of hydrogen-bond acceptors (Lipinski definition) is 5. The maximum Gasteiger partial charge on any atom is 0.316 e. The molecule has 76 valence electrons. The Morgan fingerprint density at radius 1 is 1.64 bits per heavy atom. The van der Waals surface area contributed by atoms with Crippen molar-refractivity contribution in [2.24, 2.45) is 0 Å². The first-order chi connectivity index (χ1) is 6.61. The minimum absolute atomic E-state index is 0.191. The molecule has 0 amide bonds. The van der Waals surface area contributed by atoms with E-state index in [9.17, 15) is 4.79 Å². The Morgan fingerprint density at radius 3 is 2.93 bits per heavy atom. The van der Waals surface area contributed by atoms with E-state index in [4.69, 9.17) is 11.6 Å². The fourth-order valence-corrected chi connectivity index (χ4v) is 1.78. The van der Waals surface area contributed by atoms with Gasteiger partial charge in [0.2, 0.25) is 0 Å². The number of aromatic nitrogens is 2. The van der Waals surface area contributed by atoms with Gasteiger partial charge >= 0.3 is 5.97 Å². The maximum atomic E-state index is 10.8. The highest BCUT2D eigenvalue weighted by Gasteiger charge is 2.05. The lowest BCUT2D eigenvalue weighted by Crippen LogP contribution is -2.04. The van der Waals surface area contributed by atoms with Crippen LogP contribution in [0, 0.1) is 6.92 Å². The van der Waals surface area contributed by atoms with Crippen LogP contribution in [-0.4, -0.2) is 28.8 Å². The molecular formula is C8H9ClN2O2S. The maximum absolute atomic E-state index is 10.8. The first kappa shape index (κ1) is 11.3. The van der Waals surface area contributed by atoms with Crippen molar-refractivity contribution in [2.45, 2.75) is 12.1 Å². The Labute approximate surface area is 91.0 Å². The Balaban J connectivity index is 2.63. The van der Waals surface area contributed by atoms with E-state index < -0.39 is 0 Å². The first-order valence-corrected chi connectivity index (χ1v) is 5.19. The Hall–Kier alpha value is -0.810. The van der Waals surface area contributed by atoms with Crippen LogP contribution in [0.1, 0.15) is 5.69 Å². The molecule has 0 saturated carbocycles. The van der Waals surface area contributed by atoms with Gasteiger partial charge in [-0.2, -0.15) is 0 Å². The molecule has 1 rings (SSSR count). The van der Waals surface area contributed by atoms with Gasteiger partial charge in [-0.25, -0.2) is 9.97 Å². The third-order valence-electron chi connectivity index (χ3n) is 1.35. The number of aryl methyl sites for hydroxylation is 1. The zero-order chi connectivity index (χ0) is 10.6.